The fourth-order valence-corrected chi connectivity index (χ4v) is 2.58. The van der Waals surface area contributed by atoms with E-state index in [1.807, 2.05) is 24.3 Å². The fourth-order valence-electron chi connectivity index (χ4n) is 1.40. The highest BCUT2D eigenvalue weighted by Gasteiger charge is 2.17. The van der Waals surface area contributed by atoms with E-state index in [2.05, 4.69) is 20.9 Å². The fraction of sp³-hybridized carbons (Fsp3) is 0.0833. The van der Waals surface area contributed by atoms with E-state index in [0.717, 1.165) is 10.0 Å². The van der Waals surface area contributed by atoms with Crippen LogP contribution >= 0.6 is 26.6 Å². The van der Waals surface area contributed by atoms with Crippen LogP contribution in [0.4, 0.5) is 0 Å². The third-order valence-corrected chi connectivity index (χ3v) is 4.15. The Morgan fingerprint density at radius 3 is 2.53 bits per heavy atom. The van der Waals surface area contributed by atoms with Crippen molar-refractivity contribution in [1.82, 2.24) is 4.98 Å². The predicted octanol–water partition coefficient (Wildman–Crippen LogP) is 3.35. The molecule has 4 nitrogen and oxygen atoms in total. The first-order chi connectivity index (χ1) is 8.97. The van der Waals surface area contributed by atoms with Gasteiger partial charge in [-0.3, -0.25) is 0 Å². The van der Waals surface area contributed by atoms with E-state index < -0.39 is 9.05 Å². The summed E-state index contributed by atoms with van der Waals surface area (Å²) in [6.45, 7) is 0.212. The Bertz CT molecular complexity index is 674. The van der Waals surface area contributed by atoms with Gasteiger partial charge in [0.2, 0.25) is 5.88 Å². The van der Waals surface area contributed by atoms with Gasteiger partial charge in [-0.2, -0.15) is 0 Å². The minimum atomic E-state index is -3.87. The molecular formula is C12H9BrClNO3S. The van der Waals surface area contributed by atoms with Crippen LogP contribution in [0.1, 0.15) is 5.56 Å². The van der Waals surface area contributed by atoms with Gasteiger partial charge in [0.25, 0.3) is 9.05 Å². The summed E-state index contributed by atoms with van der Waals surface area (Å²) in [6.07, 6.45) is 1.45. The lowest BCUT2D eigenvalue weighted by Gasteiger charge is -2.08. The van der Waals surface area contributed by atoms with Gasteiger partial charge in [0.1, 0.15) is 11.5 Å². The lowest BCUT2D eigenvalue weighted by molar-refractivity contribution is 0.285. The Labute approximate surface area is 123 Å². The molecule has 19 heavy (non-hydrogen) atoms. The first-order valence-electron chi connectivity index (χ1n) is 5.24. The highest BCUT2D eigenvalue weighted by Crippen LogP contribution is 2.24. The molecule has 0 bridgehead atoms. The summed E-state index contributed by atoms with van der Waals surface area (Å²) in [4.78, 5) is 3.75. The van der Waals surface area contributed by atoms with E-state index in [4.69, 9.17) is 15.4 Å². The molecule has 0 fully saturated rings. The molecule has 0 N–H and O–H groups in total. The number of rotatable bonds is 4. The predicted molar refractivity (Wildman–Crippen MR) is 75.7 cm³/mol. The Morgan fingerprint density at radius 2 is 1.89 bits per heavy atom. The summed E-state index contributed by atoms with van der Waals surface area (Å²) in [5.74, 6) is 0.000388. The smallest absolute Gasteiger partial charge is 0.266 e. The van der Waals surface area contributed by atoms with Crippen molar-refractivity contribution in [3.8, 4) is 5.88 Å². The Balaban J connectivity index is 2.18. The number of pyridine rings is 1. The van der Waals surface area contributed by atoms with Crippen molar-refractivity contribution in [2.45, 2.75) is 11.5 Å². The highest BCUT2D eigenvalue weighted by molar-refractivity contribution is 9.10. The van der Waals surface area contributed by atoms with E-state index >= 15 is 0 Å². The average Bonchev–Trinajstić information content (AvgIpc) is 2.37. The average molecular weight is 363 g/mol. The maximum Gasteiger partial charge on any atom is 0.266 e. The zero-order valence-electron chi connectivity index (χ0n) is 9.58. The second-order valence-electron chi connectivity index (χ2n) is 3.66. The third-order valence-electron chi connectivity index (χ3n) is 2.29. The molecule has 2 aromatic rings. The lowest BCUT2D eigenvalue weighted by atomic mass is 10.2. The van der Waals surface area contributed by atoms with Crippen LogP contribution in [-0.4, -0.2) is 13.4 Å². The summed E-state index contributed by atoms with van der Waals surface area (Å²) in [5.41, 5.74) is 0.895. The van der Waals surface area contributed by atoms with Crippen LogP contribution in [0, 0.1) is 0 Å². The Hall–Kier alpha value is -1.11. The molecule has 2 rings (SSSR count). The van der Waals surface area contributed by atoms with Crippen molar-refractivity contribution in [1.29, 1.82) is 0 Å². The van der Waals surface area contributed by atoms with Crippen molar-refractivity contribution in [3.05, 3.63) is 52.6 Å². The molecule has 1 heterocycles. The van der Waals surface area contributed by atoms with Gasteiger partial charge in [-0.15, -0.1) is 0 Å². The molecule has 0 unspecified atom stereocenters. The van der Waals surface area contributed by atoms with E-state index in [1.54, 1.807) is 0 Å². The van der Waals surface area contributed by atoms with Gasteiger partial charge in [0.15, 0.2) is 0 Å². The molecule has 0 aliphatic carbocycles. The van der Waals surface area contributed by atoms with Crippen molar-refractivity contribution in [2.24, 2.45) is 0 Å². The quantitative estimate of drug-likeness (QED) is 0.783. The first-order valence-corrected chi connectivity index (χ1v) is 8.34. The molecule has 7 heteroatoms. The molecule has 0 aliphatic rings. The zero-order valence-corrected chi connectivity index (χ0v) is 12.7. The van der Waals surface area contributed by atoms with Crippen LogP contribution < -0.4 is 4.74 Å². The van der Waals surface area contributed by atoms with E-state index in [9.17, 15) is 8.42 Å². The second-order valence-corrected chi connectivity index (χ2v) is 7.11. The molecule has 1 aromatic carbocycles. The van der Waals surface area contributed by atoms with Gasteiger partial charge in [-0.05, 0) is 29.8 Å². The highest BCUT2D eigenvalue weighted by atomic mass is 79.9. The van der Waals surface area contributed by atoms with Crippen LogP contribution in [0.15, 0.2) is 52.0 Å². The Kier molecular flexibility index (Phi) is 4.44. The molecule has 0 saturated carbocycles. The van der Waals surface area contributed by atoms with Gasteiger partial charge >= 0.3 is 0 Å². The summed E-state index contributed by atoms with van der Waals surface area (Å²) in [5, 5.41) is 0. The topological polar surface area (TPSA) is 56.3 Å². The van der Waals surface area contributed by atoms with Crippen LogP contribution in [0.25, 0.3) is 0 Å². The third kappa shape index (κ3) is 3.92. The molecule has 1 aromatic heterocycles. The minimum Gasteiger partial charge on any atom is -0.472 e. The number of hydrogen-bond donors (Lipinski definition) is 0. The number of aromatic nitrogens is 1. The van der Waals surface area contributed by atoms with Crippen molar-refractivity contribution in [2.75, 3.05) is 0 Å². The number of benzene rings is 1. The molecule has 0 spiro atoms. The number of halogens is 2. The monoisotopic (exact) mass is 361 g/mol. The van der Waals surface area contributed by atoms with Gasteiger partial charge in [0.05, 0.1) is 0 Å². The Morgan fingerprint density at radius 1 is 1.21 bits per heavy atom. The number of nitrogens with zero attached hydrogens (tertiary/aromatic N) is 1. The molecule has 0 amide bonds. The van der Waals surface area contributed by atoms with Crippen molar-refractivity contribution < 1.29 is 13.2 Å². The largest absolute Gasteiger partial charge is 0.472 e. The van der Waals surface area contributed by atoms with Crippen molar-refractivity contribution in [3.63, 3.8) is 0 Å². The zero-order chi connectivity index (χ0) is 13.9. The summed E-state index contributed by atoms with van der Waals surface area (Å²) in [7, 11) is 1.44. The number of ether oxygens (including phenoxy) is 1. The van der Waals surface area contributed by atoms with E-state index in [1.165, 1.54) is 18.3 Å². The van der Waals surface area contributed by atoms with E-state index in [0.29, 0.717) is 0 Å². The second kappa shape index (κ2) is 5.90. The minimum absolute atomic E-state index is 0.000388. The van der Waals surface area contributed by atoms with Gasteiger partial charge in [0, 0.05) is 21.4 Å². The van der Waals surface area contributed by atoms with Crippen LogP contribution in [0.3, 0.4) is 0 Å². The molecule has 0 saturated heterocycles. The summed E-state index contributed by atoms with van der Waals surface area (Å²) in [6, 6.07) is 10.3. The molecular weight excluding hydrogens is 354 g/mol. The lowest BCUT2D eigenvalue weighted by Crippen LogP contribution is -2.02. The molecule has 0 atom stereocenters. The molecule has 0 aliphatic heterocycles. The summed E-state index contributed by atoms with van der Waals surface area (Å²) >= 11 is 3.33. The standard InChI is InChI=1S/C12H9BrClNO3S/c13-10-5-3-9(4-6-10)8-18-12-11(19(14,16)17)2-1-7-15-12/h1-7H,8H2. The van der Waals surface area contributed by atoms with Gasteiger partial charge in [-0.1, -0.05) is 28.1 Å². The maximum atomic E-state index is 11.3. The first kappa shape index (κ1) is 14.3. The normalized spacial score (nSPS) is 11.3. The van der Waals surface area contributed by atoms with E-state index in [-0.39, 0.29) is 17.4 Å². The molecule has 0 radical (unpaired) electrons. The van der Waals surface area contributed by atoms with Crippen LogP contribution in [0.2, 0.25) is 0 Å². The van der Waals surface area contributed by atoms with Crippen molar-refractivity contribution >= 4 is 35.7 Å². The SMILES string of the molecule is O=S(=O)(Cl)c1cccnc1OCc1ccc(Br)cc1. The number of hydrogen-bond acceptors (Lipinski definition) is 4. The summed E-state index contributed by atoms with van der Waals surface area (Å²) < 4.78 is 29.1. The van der Waals surface area contributed by atoms with Gasteiger partial charge in [-0.25, -0.2) is 13.4 Å². The van der Waals surface area contributed by atoms with Crippen LogP contribution in [-0.2, 0) is 15.7 Å². The maximum absolute atomic E-state index is 11.3. The molecule has 100 valence electrons. The van der Waals surface area contributed by atoms with Gasteiger partial charge < -0.3 is 4.74 Å². The van der Waals surface area contributed by atoms with Crippen LogP contribution in [0.5, 0.6) is 5.88 Å².